The van der Waals surface area contributed by atoms with Crippen molar-refractivity contribution in [2.24, 2.45) is 0 Å². The SMILES string of the molecule is Cc1ncnc(NC(C(=O)O)c2ccccc2)c1F. The van der Waals surface area contributed by atoms with Gasteiger partial charge in [0.05, 0.1) is 5.69 Å². The molecule has 1 unspecified atom stereocenters. The lowest BCUT2D eigenvalue weighted by Crippen LogP contribution is -2.22. The Morgan fingerprint density at radius 2 is 2.00 bits per heavy atom. The zero-order chi connectivity index (χ0) is 13.8. The molecule has 1 heterocycles. The highest BCUT2D eigenvalue weighted by atomic mass is 19.1. The molecule has 0 fully saturated rings. The molecule has 2 N–H and O–H groups in total. The second kappa shape index (κ2) is 5.43. The molecule has 0 aliphatic heterocycles. The first-order chi connectivity index (χ1) is 9.09. The summed E-state index contributed by atoms with van der Waals surface area (Å²) in [5.74, 6) is -1.88. The summed E-state index contributed by atoms with van der Waals surface area (Å²) < 4.78 is 13.8. The van der Waals surface area contributed by atoms with Gasteiger partial charge in [-0.3, -0.25) is 0 Å². The van der Waals surface area contributed by atoms with Crippen LogP contribution < -0.4 is 5.32 Å². The molecule has 1 aromatic carbocycles. The molecule has 1 atom stereocenters. The summed E-state index contributed by atoms with van der Waals surface area (Å²) >= 11 is 0. The van der Waals surface area contributed by atoms with Gasteiger partial charge in [0.15, 0.2) is 17.7 Å². The average Bonchev–Trinajstić information content (AvgIpc) is 2.41. The molecular formula is C13H12FN3O2. The molecule has 2 aromatic rings. The highest BCUT2D eigenvalue weighted by molar-refractivity contribution is 5.78. The summed E-state index contributed by atoms with van der Waals surface area (Å²) in [7, 11) is 0. The molecule has 0 spiro atoms. The molecule has 0 aliphatic rings. The van der Waals surface area contributed by atoms with Gasteiger partial charge < -0.3 is 10.4 Å². The number of rotatable bonds is 4. The van der Waals surface area contributed by atoms with Crippen molar-refractivity contribution in [3.05, 3.63) is 53.7 Å². The van der Waals surface area contributed by atoms with Gasteiger partial charge in [-0.2, -0.15) is 0 Å². The zero-order valence-corrected chi connectivity index (χ0v) is 10.2. The van der Waals surface area contributed by atoms with Crippen LogP contribution in [0.15, 0.2) is 36.7 Å². The third-order valence-corrected chi connectivity index (χ3v) is 2.62. The van der Waals surface area contributed by atoms with E-state index in [-0.39, 0.29) is 11.5 Å². The number of halogens is 1. The molecule has 0 saturated heterocycles. The molecule has 0 saturated carbocycles. The molecule has 19 heavy (non-hydrogen) atoms. The molecule has 0 amide bonds. The molecule has 2 rings (SSSR count). The van der Waals surface area contributed by atoms with Gasteiger partial charge in [-0.15, -0.1) is 0 Å². The Balaban J connectivity index is 2.32. The fourth-order valence-corrected chi connectivity index (χ4v) is 1.63. The number of aryl methyl sites for hydroxylation is 1. The molecular weight excluding hydrogens is 249 g/mol. The largest absolute Gasteiger partial charge is 0.479 e. The smallest absolute Gasteiger partial charge is 0.330 e. The second-order valence-electron chi connectivity index (χ2n) is 3.95. The minimum absolute atomic E-state index is 0.122. The van der Waals surface area contributed by atoms with Crippen LogP contribution in [0.5, 0.6) is 0 Å². The summed E-state index contributed by atoms with van der Waals surface area (Å²) in [6.45, 7) is 1.49. The first-order valence-corrected chi connectivity index (χ1v) is 5.61. The Labute approximate surface area is 109 Å². The second-order valence-corrected chi connectivity index (χ2v) is 3.95. The van der Waals surface area contributed by atoms with Crippen LogP contribution in [0.4, 0.5) is 10.2 Å². The van der Waals surface area contributed by atoms with Crippen LogP contribution in [-0.2, 0) is 4.79 Å². The van der Waals surface area contributed by atoms with E-state index in [0.29, 0.717) is 5.56 Å². The van der Waals surface area contributed by atoms with Crippen LogP contribution in [0.2, 0.25) is 0 Å². The Morgan fingerprint density at radius 1 is 1.32 bits per heavy atom. The minimum atomic E-state index is -1.11. The lowest BCUT2D eigenvalue weighted by atomic mass is 10.1. The van der Waals surface area contributed by atoms with Crippen LogP contribution in [0.3, 0.4) is 0 Å². The number of benzene rings is 1. The van der Waals surface area contributed by atoms with Crippen molar-refractivity contribution in [2.45, 2.75) is 13.0 Å². The maximum Gasteiger partial charge on any atom is 0.330 e. The fourth-order valence-electron chi connectivity index (χ4n) is 1.63. The predicted molar refractivity (Wildman–Crippen MR) is 67.2 cm³/mol. The van der Waals surface area contributed by atoms with E-state index in [9.17, 15) is 14.3 Å². The van der Waals surface area contributed by atoms with Crippen molar-refractivity contribution in [1.82, 2.24) is 9.97 Å². The van der Waals surface area contributed by atoms with Crippen molar-refractivity contribution in [1.29, 1.82) is 0 Å². The Morgan fingerprint density at radius 3 is 2.63 bits per heavy atom. The molecule has 5 nitrogen and oxygen atoms in total. The summed E-state index contributed by atoms with van der Waals surface area (Å²) in [6, 6.07) is 7.45. The Kier molecular flexibility index (Phi) is 3.70. The van der Waals surface area contributed by atoms with Gasteiger partial charge in [-0.25, -0.2) is 19.2 Å². The quantitative estimate of drug-likeness (QED) is 0.882. The summed E-state index contributed by atoms with van der Waals surface area (Å²) in [5.41, 5.74) is 0.681. The van der Waals surface area contributed by atoms with Gasteiger partial charge in [0.2, 0.25) is 0 Å². The van der Waals surface area contributed by atoms with E-state index >= 15 is 0 Å². The van der Waals surface area contributed by atoms with Crippen LogP contribution >= 0.6 is 0 Å². The van der Waals surface area contributed by atoms with E-state index in [1.807, 2.05) is 0 Å². The van der Waals surface area contributed by atoms with Crippen molar-refractivity contribution >= 4 is 11.8 Å². The average molecular weight is 261 g/mol. The van der Waals surface area contributed by atoms with Gasteiger partial charge in [0, 0.05) is 0 Å². The van der Waals surface area contributed by atoms with Crippen LogP contribution in [0.25, 0.3) is 0 Å². The van der Waals surface area contributed by atoms with Gasteiger partial charge in [-0.1, -0.05) is 30.3 Å². The molecule has 6 heteroatoms. The standard InChI is InChI=1S/C13H12FN3O2/c1-8-10(14)12(16-7-15-8)17-11(13(18)19)9-5-3-2-4-6-9/h2-7,11H,1H3,(H,18,19)(H,15,16,17). The lowest BCUT2D eigenvalue weighted by Gasteiger charge is -2.16. The number of hydrogen-bond acceptors (Lipinski definition) is 4. The number of anilines is 1. The number of aromatic nitrogens is 2. The first kappa shape index (κ1) is 12.9. The maximum absolute atomic E-state index is 13.8. The van der Waals surface area contributed by atoms with Crippen LogP contribution in [0.1, 0.15) is 17.3 Å². The minimum Gasteiger partial charge on any atom is -0.479 e. The van der Waals surface area contributed by atoms with E-state index in [1.54, 1.807) is 30.3 Å². The molecule has 0 bridgehead atoms. The fraction of sp³-hybridized carbons (Fsp3) is 0.154. The highest BCUT2D eigenvalue weighted by Crippen LogP contribution is 2.21. The number of nitrogens with zero attached hydrogens (tertiary/aromatic N) is 2. The third-order valence-electron chi connectivity index (χ3n) is 2.62. The predicted octanol–water partition coefficient (Wildman–Crippen LogP) is 2.16. The van der Waals surface area contributed by atoms with Crippen molar-refractivity contribution < 1.29 is 14.3 Å². The number of hydrogen-bond donors (Lipinski definition) is 2. The molecule has 0 aliphatic carbocycles. The number of carboxylic acids is 1. The van der Waals surface area contributed by atoms with Crippen molar-refractivity contribution in [3.8, 4) is 0 Å². The number of aliphatic carboxylic acids is 1. The normalized spacial score (nSPS) is 11.9. The van der Waals surface area contributed by atoms with Gasteiger partial charge in [0.1, 0.15) is 6.33 Å². The number of carboxylic acid groups (broad SMARTS) is 1. The van der Waals surface area contributed by atoms with E-state index in [1.165, 1.54) is 13.3 Å². The Bertz CT molecular complexity index is 590. The number of carbonyl (C=O) groups is 1. The van der Waals surface area contributed by atoms with E-state index < -0.39 is 17.8 Å². The third kappa shape index (κ3) is 2.85. The van der Waals surface area contributed by atoms with Crippen LogP contribution in [0, 0.1) is 12.7 Å². The van der Waals surface area contributed by atoms with E-state index in [4.69, 9.17) is 0 Å². The van der Waals surface area contributed by atoms with Gasteiger partial charge in [0.25, 0.3) is 0 Å². The molecule has 0 radical (unpaired) electrons. The van der Waals surface area contributed by atoms with Gasteiger partial charge >= 0.3 is 5.97 Å². The highest BCUT2D eigenvalue weighted by Gasteiger charge is 2.21. The van der Waals surface area contributed by atoms with Crippen molar-refractivity contribution in [3.63, 3.8) is 0 Å². The number of nitrogens with one attached hydrogen (secondary N) is 1. The van der Waals surface area contributed by atoms with Crippen molar-refractivity contribution in [2.75, 3.05) is 5.32 Å². The van der Waals surface area contributed by atoms with E-state index in [0.717, 1.165) is 0 Å². The monoisotopic (exact) mass is 261 g/mol. The summed E-state index contributed by atoms with van der Waals surface area (Å²) in [4.78, 5) is 18.7. The topological polar surface area (TPSA) is 75.1 Å². The van der Waals surface area contributed by atoms with Gasteiger partial charge in [-0.05, 0) is 12.5 Å². The summed E-state index contributed by atoms with van der Waals surface area (Å²) in [6.07, 6.45) is 1.19. The van der Waals surface area contributed by atoms with Crippen LogP contribution in [-0.4, -0.2) is 21.0 Å². The van der Waals surface area contributed by atoms with E-state index in [2.05, 4.69) is 15.3 Å². The lowest BCUT2D eigenvalue weighted by molar-refractivity contribution is -0.138. The Hall–Kier alpha value is -2.50. The molecule has 1 aromatic heterocycles. The first-order valence-electron chi connectivity index (χ1n) is 5.61. The zero-order valence-electron chi connectivity index (χ0n) is 10.2. The molecule has 98 valence electrons. The maximum atomic E-state index is 13.8. The summed E-state index contributed by atoms with van der Waals surface area (Å²) in [5, 5.41) is 11.8.